The highest BCUT2D eigenvalue weighted by Gasteiger charge is 2.62. The van der Waals surface area contributed by atoms with E-state index in [1.54, 1.807) is 10.4 Å². The summed E-state index contributed by atoms with van der Waals surface area (Å²) in [6.45, 7) is 17.2. The van der Waals surface area contributed by atoms with Crippen molar-refractivity contribution in [3.63, 3.8) is 0 Å². The van der Waals surface area contributed by atoms with E-state index in [1.165, 1.54) is 18.0 Å². The van der Waals surface area contributed by atoms with Crippen molar-refractivity contribution in [3.05, 3.63) is 96.6 Å². The molecule has 0 bridgehead atoms. The molecule has 33 heavy (non-hydrogen) atoms. The molecule has 1 unspecified atom stereocenters. The standard InChI is InChI=1S/C29H42OSi3/c1-7-30-24-17-25-33(26(2)27-18-11-8-12-19-27,31(3,4)28-20-13-9-14-21-28)32(5,6)29-22-15-10-16-23-29/h8-16,18-23,26H,7,17,24-25H2,1-6H3. The largest absolute Gasteiger partial charge is 0.382 e. The fourth-order valence-corrected chi connectivity index (χ4v) is 54.3. The van der Waals surface area contributed by atoms with Crippen LogP contribution in [0.15, 0.2) is 91.0 Å². The zero-order valence-electron chi connectivity index (χ0n) is 21.5. The monoisotopic (exact) mass is 490 g/mol. The van der Waals surface area contributed by atoms with E-state index in [0.29, 0.717) is 5.54 Å². The molecule has 0 radical (unpaired) electrons. The lowest BCUT2D eigenvalue weighted by atomic mass is 10.2. The molecule has 3 aromatic carbocycles. The van der Waals surface area contributed by atoms with Crippen molar-refractivity contribution >= 4 is 32.7 Å². The topological polar surface area (TPSA) is 9.23 Å². The lowest BCUT2D eigenvalue weighted by molar-refractivity contribution is 0.148. The third-order valence-electron chi connectivity index (χ3n) is 8.32. The Morgan fingerprint density at radius 3 is 1.52 bits per heavy atom. The summed E-state index contributed by atoms with van der Waals surface area (Å²) in [4.78, 5) is 0. The minimum Gasteiger partial charge on any atom is -0.382 e. The normalized spacial score (nSPS) is 13.6. The van der Waals surface area contributed by atoms with Crippen LogP contribution in [0.1, 0.15) is 31.4 Å². The summed E-state index contributed by atoms with van der Waals surface area (Å²) in [7, 11) is -5.61. The molecule has 0 amide bonds. The molecule has 0 saturated carbocycles. The van der Waals surface area contributed by atoms with Crippen LogP contribution in [-0.2, 0) is 4.74 Å². The summed E-state index contributed by atoms with van der Waals surface area (Å²) in [6, 6.07) is 35.9. The molecule has 1 nitrogen and oxygen atoms in total. The van der Waals surface area contributed by atoms with Crippen molar-refractivity contribution in [1.82, 2.24) is 0 Å². The van der Waals surface area contributed by atoms with Gasteiger partial charge in [0.25, 0.3) is 0 Å². The van der Waals surface area contributed by atoms with Gasteiger partial charge >= 0.3 is 0 Å². The first-order chi connectivity index (χ1) is 15.8. The number of hydrogen-bond acceptors (Lipinski definition) is 1. The predicted molar refractivity (Wildman–Crippen MR) is 154 cm³/mol. The van der Waals surface area contributed by atoms with Gasteiger partial charge in [-0.25, -0.2) is 0 Å². The van der Waals surface area contributed by atoms with Gasteiger partial charge in [0.05, 0.1) is 22.3 Å². The Morgan fingerprint density at radius 2 is 1.09 bits per heavy atom. The quantitative estimate of drug-likeness (QED) is 0.217. The third kappa shape index (κ3) is 5.04. The molecule has 0 aliphatic carbocycles. The van der Waals surface area contributed by atoms with Gasteiger partial charge in [0, 0.05) is 13.2 Å². The highest BCUT2D eigenvalue weighted by Crippen LogP contribution is 2.44. The van der Waals surface area contributed by atoms with Crippen molar-refractivity contribution < 1.29 is 4.74 Å². The molecule has 0 heterocycles. The van der Waals surface area contributed by atoms with Crippen molar-refractivity contribution in [2.24, 2.45) is 0 Å². The van der Waals surface area contributed by atoms with Crippen LogP contribution in [-0.4, -0.2) is 35.5 Å². The van der Waals surface area contributed by atoms with Crippen LogP contribution in [0.2, 0.25) is 32.2 Å². The van der Waals surface area contributed by atoms with Crippen LogP contribution in [0, 0.1) is 0 Å². The summed E-state index contributed by atoms with van der Waals surface area (Å²) < 4.78 is 5.90. The summed E-state index contributed by atoms with van der Waals surface area (Å²) in [5.74, 6) is 0. The molecular formula is C29H42OSi3. The van der Waals surface area contributed by atoms with Crippen LogP contribution >= 0.6 is 0 Å². The van der Waals surface area contributed by atoms with E-state index >= 15 is 0 Å². The van der Waals surface area contributed by atoms with Crippen molar-refractivity contribution in [2.75, 3.05) is 13.2 Å². The van der Waals surface area contributed by atoms with Crippen LogP contribution in [0.3, 0.4) is 0 Å². The van der Waals surface area contributed by atoms with E-state index in [2.05, 4.69) is 131 Å². The van der Waals surface area contributed by atoms with Gasteiger partial charge in [-0.3, -0.25) is 0 Å². The van der Waals surface area contributed by atoms with E-state index in [0.717, 1.165) is 13.2 Å². The number of benzene rings is 3. The van der Waals surface area contributed by atoms with Crippen LogP contribution in [0.5, 0.6) is 0 Å². The second-order valence-corrected chi connectivity index (χ2v) is 35.7. The zero-order chi connectivity index (χ0) is 24.0. The van der Waals surface area contributed by atoms with Gasteiger partial charge in [-0.05, 0) is 24.4 Å². The Labute approximate surface area is 204 Å². The molecular weight excluding hydrogens is 449 g/mol. The van der Waals surface area contributed by atoms with Crippen molar-refractivity contribution in [1.29, 1.82) is 0 Å². The minimum absolute atomic E-state index is 0.601. The Balaban J connectivity index is 2.28. The first kappa shape index (κ1) is 25.9. The molecule has 3 aromatic rings. The molecule has 3 rings (SSSR count). The molecule has 1 atom stereocenters. The molecule has 4 heteroatoms. The van der Waals surface area contributed by atoms with E-state index in [1.807, 2.05) is 0 Å². The summed E-state index contributed by atoms with van der Waals surface area (Å²) in [5.41, 5.74) is 2.14. The van der Waals surface area contributed by atoms with E-state index in [-0.39, 0.29) is 0 Å². The fourth-order valence-electron chi connectivity index (χ4n) is 6.55. The molecule has 0 fully saturated rings. The summed E-state index contributed by atoms with van der Waals surface area (Å²) in [5, 5.41) is 3.26. The Kier molecular flexibility index (Phi) is 8.73. The highest BCUT2D eigenvalue weighted by molar-refractivity contribution is 7.74. The average Bonchev–Trinajstić information content (AvgIpc) is 2.85. The van der Waals surface area contributed by atoms with Gasteiger partial charge in [0.1, 0.15) is 0 Å². The Morgan fingerprint density at radius 1 is 0.667 bits per heavy atom. The van der Waals surface area contributed by atoms with Crippen molar-refractivity contribution in [3.8, 4) is 0 Å². The van der Waals surface area contributed by atoms with Gasteiger partial charge in [-0.2, -0.15) is 0 Å². The number of ether oxygens (including phenoxy) is 1. The average molecular weight is 491 g/mol. The molecule has 0 aromatic heterocycles. The predicted octanol–water partition coefficient (Wildman–Crippen LogP) is 6.59. The lowest BCUT2D eigenvalue weighted by Crippen LogP contribution is -2.83. The van der Waals surface area contributed by atoms with E-state index in [4.69, 9.17) is 4.74 Å². The second kappa shape index (κ2) is 11.1. The second-order valence-electron chi connectivity index (χ2n) is 10.4. The van der Waals surface area contributed by atoms with E-state index < -0.39 is 22.3 Å². The van der Waals surface area contributed by atoms with Gasteiger partial charge in [-0.1, -0.05) is 141 Å². The third-order valence-corrected chi connectivity index (χ3v) is 49.8. The maximum absolute atomic E-state index is 5.90. The van der Waals surface area contributed by atoms with Gasteiger partial charge < -0.3 is 4.74 Å². The maximum Gasteiger partial charge on any atom is 0.0729 e. The van der Waals surface area contributed by atoms with Crippen molar-refractivity contribution in [2.45, 2.75) is 58.0 Å². The highest BCUT2D eigenvalue weighted by atomic mass is 29.6. The Bertz CT molecular complexity index is 920. The zero-order valence-corrected chi connectivity index (χ0v) is 24.5. The molecule has 176 valence electrons. The number of hydrogen-bond donors (Lipinski definition) is 0. The van der Waals surface area contributed by atoms with Crippen LogP contribution in [0.4, 0.5) is 0 Å². The molecule has 0 saturated heterocycles. The first-order valence-electron chi connectivity index (χ1n) is 12.5. The molecule has 0 aliphatic rings. The first-order valence-corrected chi connectivity index (χ1v) is 22.8. The Hall–Kier alpha value is -1.73. The lowest BCUT2D eigenvalue weighted by Gasteiger charge is -2.57. The fraction of sp³-hybridized carbons (Fsp3) is 0.379. The van der Waals surface area contributed by atoms with Crippen LogP contribution < -0.4 is 10.4 Å². The summed E-state index contributed by atoms with van der Waals surface area (Å²) >= 11 is 0. The minimum atomic E-state index is -1.93. The maximum atomic E-state index is 5.90. The molecule has 0 N–H and O–H groups in total. The van der Waals surface area contributed by atoms with Gasteiger partial charge in [0.2, 0.25) is 0 Å². The van der Waals surface area contributed by atoms with Crippen LogP contribution in [0.25, 0.3) is 0 Å². The molecule has 0 spiro atoms. The van der Waals surface area contributed by atoms with Gasteiger partial charge in [-0.15, -0.1) is 0 Å². The summed E-state index contributed by atoms with van der Waals surface area (Å²) in [6.07, 6.45) is 1.17. The molecule has 0 aliphatic heterocycles. The van der Waals surface area contributed by atoms with Gasteiger partial charge in [0.15, 0.2) is 0 Å². The number of rotatable bonds is 11. The van der Waals surface area contributed by atoms with E-state index in [9.17, 15) is 0 Å². The SMILES string of the molecule is CCOCCC[Si](C(C)c1ccccc1)([Si](C)(C)c1ccccc1)[Si](C)(C)c1ccccc1. The smallest absolute Gasteiger partial charge is 0.0729 e.